The van der Waals surface area contributed by atoms with Crippen LogP contribution in [-0.4, -0.2) is 5.71 Å². The molecule has 4 aliphatic rings. The van der Waals surface area contributed by atoms with Gasteiger partial charge in [0.25, 0.3) is 0 Å². The Morgan fingerprint density at radius 1 is 0.865 bits per heavy atom. The topological polar surface area (TPSA) is 25.5 Å². The zero-order chi connectivity index (χ0) is 24.7. The van der Waals surface area contributed by atoms with Crippen LogP contribution in [0.4, 0.5) is 5.69 Å². The lowest BCUT2D eigenvalue weighted by Crippen LogP contribution is -2.30. The molecule has 2 atom stereocenters. The standard InChI is InChI=1S/C35H29NO/c1-35(2)29-12-5-3-8-25(29)28-20-32-23(19-30(28)35)15-14-22-18-21(16-17-31(22)36-32)24-10-7-11-27-26-9-4-6-13-33(26)37-34(24)27/h3-6,8-9,11-17,19-22H,7,10,18H2,1-2H3. The number of benzene rings is 3. The van der Waals surface area contributed by atoms with Crippen molar-refractivity contribution >= 4 is 40.1 Å². The van der Waals surface area contributed by atoms with Gasteiger partial charge in [0.15, 0.2) is 0 Å². The fourth-order valence-corrected chi connectivity index (χ4v) is 7.06. The minimum atomic E-state index is 0.00489. The van der Waals surface area contributed by atoms with Gasteiger partial charge in [0, 0.05) is 39.1 Å². The molecule has 2 nitrogen and oxygen atoms in total. The summed E-state index contributed by atoms with van der Waals surface area (Å²) in [5.41, 5.74) is 12.5. The van der Waals surface area contributed by atoms with E-state index in [4.69, 9.17) is 9.41 Å². The van der Waals surface area contributed by atoms with Crippen LogP contribution in [0.15, 0.2) is 88.3 Å². The summed E-state index contributed by atoms with van der Waals surface area (Å²) in [5, 5.41) is 2.52. The smallest absolute Gasteiger partial charge is 0.135 e. The molecule has 0 N–H and O–H groups in total. The molecule has 3 aliphatic carbocycles. The molecule has 1 aromatic heterocycles. The lowest BCUT2D eigenvalue weighted by Gasteiger charge is -2.26. The van der Waals surface area contributed by atoms with E-state index in [-0.39, 0.29) is 5.41 Å². The molecule has 37 heavy (non-hydrogen) atoms. The molecule has 3 aromatic carbocycles. The highest BCUT2D eigenvalue weighted by atomic mass is 16.3. The molecule has 0 fully saturated rings. The third-order valence-electron chi connectivity index (χ3n) is 9.01. The van der Waals surface area contributed by atoms with Crippen LogP contribution in [-0.2, 0) is 5.41 Å². The van der Waals surface area contributed by atoms with Crippen LogP contribution in [0.5, 0.6) is 0 Å². The lowest BCUT2D eigenvalue weighted by molar-refractivity contribution is 0.548. The first-order chi connectivity index (χ1) is 18.1. The van der Waals surface area contributed by atoms with Crippen LogP contribution in [0, 0.1) is 11.8 Å². The third kappa shape index (κ3) is 3.02. The minimum Gasteiger partial charge on any atom is -0.456 e. The van der Waals surface area contributed by atoms with E-state index in [1.54, 1.807) is 0 Å². The first-order valence-electron chi connectivity index (χ1n) is 13.5. The average Bonchev–Trinajstić information content (AvgIpc) is 3.33. The molecule has 0 amide bonds. The van der Waals surface area contributed by atoms with Crippen molar-refractivity contribution in [3.8, 4) is 11.1 Å². The van der Waals surface area contributed by atoms with Crippen molar-refractivity contribution < 1.29 is 4.42 Å². The van der Waals surface area contributed by atoms with Crippen LogP contribution in [0.25, 0.3) is 39.8 Å². The summed E-state index contributed by atoms with van der Waals surface area (Å²) in [6.07, 6.45) is 14.9. The van der Waals surface area contributed by atoms with Gasteiger partial charge in [-0.1, -0.05) is 80.6 Å². The number of hydrogen-bond acceptors (Lipinski definition) is 2. The van der Waals surface area contributed by atoms with Crippen molar-refractivity contribution in [2.75, 3.05) is 0 Å². The maximum absolute atomic E-state index is 6.41. The van der Waals surface area contributed by atoms with Crippen molar-refractivity contribution in [2.24, 2.45) is 16.8 Å². The molecule has 0 radical (unpaired) electrons. The van der Waals surface area contributed by atoms with E-state index < -0.39 is 0 Å². The van der Waals surface area contributed by atoms with Gasteiger partial charge in [0.2, 0.25) is 0 Å². The Labute approximate surface area is 217 Å². The molecule has 0 bridgehead atoms. The monoisotopic (exact) mass is 479 g/mol. The van der Waals surface area contributed by atoms with E-state index in [0.717, 1.165) is 35.9 Å². The van der Waals surface area contributed by atoms with Crippen molar-refractivity contribution in [3.05, 3.63) is 106 Å². The van der Waals surface area contributed by atoms with Gasteiger partial charge in [-0.05, 0) is 71.4 Å². The number of allylic oxidation sites excluding steroid dienone is 3. The Morgan fingerprint density at radius 3 is 2.65 bits per heavy atom. The molecule has 8 rings (SSSR count). The number of nitrogens with zero attached hydrogens (tertiary/aromatic N) is 1. The highest BCUT2D eigenvalue weighted by molar-refractivity contribution is 6.03. The van der Waals surface area contributed by atoms with Crippen LogP contribution >= 0.6 is 0 Å². The summed E-state index contributed by atoms with van der Waals surface area (Å²) in [5.74, 6) is 0.683. The number of fused-ring (bicyclic) bond motifs is 8. The summed E-state index contributed by atoms with van der Waals surface area (Å²) in [7, 11) is 0. The molecular formula is C35H29NO. The zero-order valence-corrected chi connectivity index (χ0v) is 21.3. The molecular weight excluding hydrogens is 450 g/mol. The zero-order valence-electron chi connectivity index (χ0n) is 21.3. The number of para-hydroxylation sites is 1. The highest BCUT2D eigenvalue weighted by Crippen LogP contribution is 2.51. The van der Waals surface area contributed by atoms with E-state index >= 15 is 0 Å². The normalized spacial score (nSPS) is 22.3. The molecule has 2 heteroatoms. The Morgan fingerprint density at radius 2 is 1.70 bits per heavy atom. The van der Waals surface area contributed by atoms with Crippen molar-refractivity contribution in [2.45, 2.75) is 38.5 Å². The molecule has 0 spiro atoms. The molecule has 2 heterocycles. The summed E-state index contributed by atoms with van der Waals surface area (Å²) >= 11 is 0. The van der Waals surface area contributed by atoms with E-state index in [0.29, 0.717) is 11.8 Å². The predicted molar refractivity (Wildman–Crippen MR) is 153 cm³/mol. The van der Waals surface area contributed by atoms with E-state index in [2.05, 4.69) is 105 Å². The summed E-state index contributed by atoms with van der Waals surface area (Å²) < 4.78 is 6.41. The maximum Gasteiger partial charge on any atom is 0.135 e. The summed E-state index contributed by atoms with van der Waals surface area (Å²) in [4.78, 5) is 5.25. The van der Waals surface area contributed by atoms with Gasteiger partial charge in [0.05, 0.1) is 5.69 Å². The van der Waals surface area contributed by atoms with Crippen molar-refractivity contribution in [1.82, 2.24) is 0 Å². The van der Waals surface area contributed by atoms with Gasteiger partial charge < -0.3 is 4.42 Å². The number of furan rings is 1. The van der Waals surface area contributed by atoms with Gasteiger partial charge in [0.1, 0.15) is 11.0 Å². The summed E-state index contributed by atoms with van der Waals surface area (Å²) in [6.45, 7) is 4.68. The van der Waals surface area contributed by atoms with Crippen molar-refractivity contribution in [1.29, 1.82) is 0 Å². The lowest BCUT2D eigenvalue weighted by atomic mass is 9.79. The van der Waals surface area contributed by atoms with Gasteiger partial charge in [-0.25, -0.2) is 0 Å². The van der Waals surface area contributed by atoms with Crippen LogP contribution < -0.4 is 10.6 Å². The molecule has 0 saturated carbocycles. The molecule has 1 aliphatic heterocycles. The van der Waals surface area contributed by atoms with Gasteiger partial charge in [-0.3, -0.25) is 4.99 Å². The second kappa shape index (κ2) is 7.55. The highest BCUT2D eigenvalue weighted by Gasteiger charge is 2.36. The first kappa shape index (κ1) is 21.2. The molecule has 180 valence electrons. The van der Waals surface area contributed by atoms with Gasteiger partial charge in [-0.15, -0.1) is 0 Å². The number of hydrogen-bond donors (Lipinski definition) is 0. The van der Waals surface area contributed by atoms with Gasteiger partial charge >= 0.3 is 0 Å². The Kier molecular flexibility index (Phi) is 4.33. The Balaban J connectivity index is 1.22. The minimum absolute atomic E-state index is 0.00489. The summed E-state index contributed by atoms with van der Waals surface area (Å²) in [6, 6.07) is 22.0. The Bertz CT molecular complexity index is 1840. The Hall–Kier alpha value is -3.91. The van der Waals surface area contributed by atoms with Crippen LogP contribution in [0.3, 0.4) is 0 Å². The van der Waals surface area contributed by atoms with E-state index in [9.17, 15) is 0 Å². The second-order valence-corrected chi connectivity index (χ2v) is 11.4. The molecule has 0 saturated heterocycles. The van der Waals surface area contributed by atoms with E-state index in [1.165, 1.54) is 49.7 Å². The molecule has 2 unspecified atom stereocenters. The van der Waals surface area contributed by atoms with E-state index in [1.807, 2.05) is 0 Å². The predicted octanol–water partition coefficient (Wildman–Crippen LogP) is 7.46. The number of rotatable bonds is 1. The van der Waals surface area contributed by atoms with Gasteiger partial charge in [-0.2, -0.15) is 0 Å². The third-order valence-corrected chi connectivity index (χ3v) is 9.01. The fraction of sp³-hybridized carbons (Fsp3) is 0.229. The fourth-order valence-electron chi connectivity index (χ4n) is 7.06. The second-order valence-electron chi connectivity index (χ2n) is 11.4. The van der Waals surface area contributed by atoms with Crippen LogP contribution in [0.1, 0.15) is 49.8 Å². The van der Waals surface area contributed by atoms with Crippen LogP contribution in [0.2, 0.25) is 0 Å². The SMILES string of the molecule is CC1(C)c2ccccc2-c2cc3c(cc21)C=CC1CC(C2=c4oc5ccccc5c4=CCC2)C=CC1=N3. The molecule has 4 aromatic rings. The quantitative estimate of drug-likeness (QED) is 0.278. The maximum atomic E-state index is 6.41. The number of aliphatic imine (C=N–C) groups is 1. The van der Waals surface area contributed by atoms with Crippen molar-refractivity contribution in [3.63, 3.8) is 0 Å². The first-order valence-corrected chi connectivity index (χ1v) is 13.5. The average molecular weight is 480 g/mol. The largest absolute Gasteiger partial charge is 0.456 e.